The quantitative estimate of drug-likeness (QED) is 0.800. The Morgan fingerprint density at radius 1 is 1.35 bits per heavy atom. The maximum Gasteiger partial charge on any atom is 0.417 e. The summed E-state index contributed by atoms with van der Waals surface area (Å²) in [7, 11) is 0. The first kappa shape index (κ1) is 14.3. The normalized spacial score (nSPS) is 11.7. The van der Waals surface area contributed by atoms with Crippen molar-refractivity contribution in [2.75, 3.05) is 5.32 Å². The first-order valence-electron chi connectivity index (χ1n) is 4.89. The molecule has 0 aliphatic carbocycles. The van der Waals surface area contributed by atoms with Crippen molar-refractivity contribution in [2.45, 2.75) is 20.0 Å². The van der Waals surface area contributed by atoms with Gasteiger partial charge in [-0.05, 0) is 40.8 Å². The maximum absolute atomic E-state index is 12.6. The maximum atomic E-state index is 12.6. The smallest absolute Gasteiger partial charge is 0.326 e. The SMILES string of the molecule is CC(C)C(=O)Nc1ccc(I)c(C(F)(F)F)c1. The Hall–Kier alpha value is -0.790. The molecular formula is C11H11F3INO. The lowest BCUT2D eigenvalue weighted by Gasteiger charge is -2.12. The van der Waals surface area contributed by atoms with Crippen LogP contribution in [0, 0.1) is 9.49 Å². The van der Waals surface area contributed by atoms with Gasteiger partial charge < -0.3 is 5.32 Å². The van der Waals surface area contributed by atoms with Gasteiger partial charge >= 0.3 is 6.18 Å². The lowest BCUT2D eigenvalue weighted by Crippen LogP contribution is -2.18. The van der Waals surface area contributed by atoms with Crippen LogP contribution in [0.2, 0.25) is 0 Å². The van der Waals surface area contributed by atoms with Gasteiger partial charge in [0.15, 0.2) is 0 Å². The minimum Gasteiger partial charge on any atom is -0.326 e. The highest BCUT2D eigenvalue weighted by Crippen LogP contribution is 2.34. The van der Waals surface area contributed by atoms with Crippen LogP contribution in [0.3, 0.4) is 0 Å². The first-order chi connectivity index (χ1) is 7.71. The number of rotatable bonds is 2. The van der Waals surface area contributed by atoms with E-state index in [1.165, 1.54) is 12.1 Å². The average Bonchev–Trinajstić information content (AvgIpc) is 2.19. The molecule has 0 unspecified atom stereocenters. The molecule has 0 atom stereocenters. The van der Waals surface area contributed by atoms with Gasteiger partial charge in [-0.15, -0.1) is 0 Å². The molecule has 0 bridgehead atoms. The summed E-state index contributed by atoms with van der Waals surface area (Å²) in [6, 6.07) is 3.73. The number of alkyl halides is 3. The van der Waals surface area contributed by atoms with Gasteiger partial charge in [-0.3, -0.25) is 4.79 Å². The highest BCUT2D eigenvalue weighted by atomic mass is 127. The number of benzene rings is 1. The van der Waals surface area contributed by atoms with Gasteiger partial charge in [0, 0.05) is 15.2 Å². The lowest BCUT2D eigenvalue weighted by atomic mass is 10.1. The molecular weight excluding hydrogens is 346 g/mol. The molecule has 1 aromatic rings. The number of anilines is 1. The van der Waals surface area contributed by atoms with Crippen molar-refractivity contribution in [2.24, 2.45) is 5.92 Å². The summed E-state index contributed by atoms with van der Waals surface area (Å²) >= 11 is 1.62. The van der Waals surface area contributed by atoms with Crippen LogP contribution in [-0.2, 0) is 11.0 Å². The largest absolute Gasteiger partial charge is 0.417 e. The molecule has 1 aromatic carbocycles. The highest BCUT2D eigenvalue weighted by Gasteiger charge is 2.33. The van der Waals surface area contributed by atoms with Gasteiger partial charge in [-0.1, -0.05) is 13.8 Å². The Bertz CT molecular complexity index is 429. The third-order valence-electron chi connectivity index (χ3n) is 2.06. The Morgan fingerprint density at radius 3 is 2.41 bits per heavy atom. The molecule has 0 spiro atoms. The second-order valence-electron chi connectivity index (χ2n) is 3.84. The standard InChI is InChI=1S/C11H11F3INO/c1-6(2)10(17)16-7-3-4-9(15)8(5-7)11(12,13)14/h3-6H,1-2H3,(H,16,17). The predicted octanol–water partition coefficient (Wildman–Crippen LogP) is 3.90. The molecule has 1 rings (SSSR count). The molecule has 2 nitrogen and oxygen atoms in total. The molecule has 0 aromatic heterocycles. The summed E-state index contributed by atoms with van der Waals surface area (Å²) in [5, 5.41) is 2.44. The van der Waals surface area contributed by atoms with E-state index in [1.54, 1.807) is 36.4 Å². The van der Waals surface area contributed by atoms with Crippen molar-refractivity contribution in [1.29, 1.82) is 0 Å². The van der Waals surface area contributed by atoms with E-state index in [-0.39, 0.29) is 21.1 Å². The number of nitrogens with one attached hydrogen (secondary N) is 1. The van der Waals surface area contributed by atoms with E-state index in [4.69, 9.17) is 0 Å². The van der Waals surface area contributed by atoms with E-state index in [0.29, 0.717) is 0 Å². The average molecular weight is 357 g/mol. The molecule has 94 valence electrons. The molecule has 0 aliphatic heterocycles. The number of amides is 1. The van der Waals surface area contributed by atoms with Crippen LogP contribution < -0.4 is 5.32 Å². The van der Waals surface area contributed by atoms with Gasteiger partial charge in [0.2, 0.25) is 5.91 Å². The first-order valence-corrected chi connectivity index (χ1v) is 5.97. The van der Waals surface area contributed by atoms with E-state index in [9.17, 15) is 18.0 Å². The molecule has 1 amide bonds. The van der Waals surface area contributed by atoms with E-state index in [1.807, 2.05) is 0 Å². The van der Waals surface area contributed by atoms with Gasteiger partial charge in [-0.2, -0.15) is 13.2 Å². The monoisotopic (exact) mass is 357 g/mol. The third-order valence-corrected chi connectivity index (χ3v) is 3.00. The summed E-state index contributed by atoms with van der Waals surface area (Å²) in [5.41, 5.74) is -0.573. The van der Waals surface area contributed by atoms with Crippen molar-refractivity contribution < 1.29 is 18.0 Å². The Labute approximate surface area is 111 Å². The molecule has 0 saturated heterocycles. The fourth-order valence-corrected chi connectivity index (χ4v) is 1.75. The molecule has 6 heteroatoms. The number of carbonyl (C=O) groups excluding carboxylic acids is 1. The second-order valence-corrected chi connectivity index (χ2v) is 5.00. The molecule has 0 heterocycles. The fraction of sp³-hybridized carbons (Fsp3) is 0.364. The zero-order valence-corrected chi connectivity index (χ0v) is 11.4. The fourth-order valence-electron chi connectivity index (χ4n) is 1.11. The molecule has 0 fully saturated rings. The van der Waals surface area contributed by atoms with Crippen molar-refractivity contribution in [3.63, 3.8) is 0 Å². The van der Waals surface area contributed by atoms with Gasteiger partial charge in [0.25, 0.3) is 0 Å². The third kappa shape index (κ3) is 3.86. The second kappa shape index (κ2) is 5.24. The van der Waals surface area contributed by atoms with Crippen LogP contribution in [0.1, 0.15) is 19.4 Å². The molecule has 0 aliphatic rings. The highest BCUT2D eigenvalue weighted by molar-refractivity contribution is 14.1. The number of halogens is 4. The van der Waals surface area contributed by atoms with Crippen LogP contribution in [0.15, 0.2) is 18.2 Å². The van der Waals surface area contributed by atoms with E-state index in [0.717, 1.165) is 6.07 Å². The zero-order chi connectivity index (χ0) is 13.2. The number of hydrogen-bond acceptors (Lipinski definition) is 1. The van der Waals surface area contributed by atoms with Crippen LogP contribution >= 0.6 is 22.6 Å². The van der Waals surface area contributed by atoms with Crippen LogP contribution in [0.4, 0.5) is 18.9 Å². The number of hydrogen-bond donors (Lipinski definition) is 1. The van der Waals surface area contributed by atoms with Crippen LogP contribution in [-0.4, -0.2) is 5.91 Å². The Balaban J connectivity index is 3.01. The lowest BCUT2D eigenvalue weighted by molar-refractivity contribution is -0.138. The zero-order valence-electron chi connectivity index (χ0n) is 9.23. The van der Waals surface area contributed by atoms with E-state index in [2.05, 4.69) is 5.32 Å². The van der Waals surface area contributed by atoms with Crippen LogP contribution in [0.25, 0.3) is 0 Å². The van der Waals surface area contributed by atoms with E-state index < -0.39 is 11.7 Å². The molecule has 17 heavy (non-hydrogen) atoms. The van der Waals surface area contributed by atoms with Crippen molar-refractivity contribution in [3.05, 3.63) is 27.3 Å². The van der Waals surface area contributed by atoms with Crippen LogP contribution in [0.5, 0.6) is 0 Å². The van der Waals surface area contributed by atoms with Crippen molar-refractivity contribution >= 4 is 34.2 Å². The van der Waals surface area contributed by atoms with Crippen molar-refractivity contribution in [1.82, 2.24) is 0 Å². The Kier molecular flexibility index (Phi) is 4.40. The van der Waals surface area contributed by atoms with Crippen molar-refractivity contribution in [3.8, 4) is 0 Å². The summed E-state index contributed by atoms with van der Waals surface area (Å²) in [5.74, 6) is -0.581. The summed E-state index contributed by atoms with van der Waals surface area (Å²) in [4.78, 5) is 11.4. The number of carbonyl (C=O) groups is 1. The summed E-state index contributed by atoms with van der Waals surface area (Å²) < 4.78 is 37.9. The molecule has 0 radical (unpaired) electrons. The van der Waals surface area contributed by atoms with Gasteiger partial charge in [-0.25, -0.2) is 0 Å². The predicted molar refractivity (Wildman–Crippen MR) is 67.6 cm³/mol. The van der Waals surface area contributed by atoms with E-state index >= 15 is 0 Å². The Morgan fingerprint density at radius 2 is 1.94 bits per heavy atom. The summed E-state index contributed by atoms with van der Waals surface area (Å²) in [6.07, 6.45) is -4.41. The minimum absolute atomic E-state index is 0.109. The molecule has 1 N–H and O–H groups in total. The molecule has 0 saturated carbocycles. The topological polar surface area (TPSA) is 29.1 Å². The summed E-state index contributed by atoms with van der Waals surface area (Å²) in [6.45, 7) is 3.35. The van der Waals surface area contributed by atoms with Gasteiger partial charge in [0.1, 0.15) is 0 Å². The minimum atomic E-state index is -4.41. The van der Waals surface area contributed by atoms with Gasteiger partial charge in [0.05, 0.1) is 5.56 Å².